The number of hydrogen-bond donors (Lipinski definition) is 1. The van der Waals surface area contributed by atoms with E-state index in [1.807, 2.05) is 13.1 Å². The molecule has 0 saturated heterocycles. The molecule has 0 atom stereocenters. The van der Waals surface area contributed by atoms with Crippen molar-refractivity contribution in [1.82, 2.24) is 24.9 Å². The van der Waals surface area contributed by atoms with E-state index >= 15 is 0 Å². The van der Waals surface area contributed by atoms with Gasteiger partial charge >= 0.3 is 0 Å². The number of ether oxygens (including phenoxy) is 1. The zero-order valence-corrected chi connectivity index (χ0v) is 15.5. The Morgan fingerprint density at radius 1 is 1.23 bits per heavy atom. The van der Waals surface area contributed by atoms with Crippen LogP contribution in [0.3, 0.4) is 0 Å². The summed E-state index contributed by atoms with van der Waals surface area (Å²) in [7, 11) is 0. The van der Waals surface area contributed by atoms with E-state index in [0.29, 0.717) is 28.0 Å². The van der Waals surface area contributed by atoms with Crippen molar-refractivity contribution < 1.29 is 9.53 Å². The largest absolute Gasteiger partial charge is 0.468 e. The second-order valence-electron chi connectivity index (χ2n) is 5.45. The fourth-order valence-electron chi connectivity index (χ4n) is 2.25. The third-order valence-corrected chi connectivity index (χ3v) is 4.19. The maximum absolute atomic E-state index is 12.2. The molecular weight excluding hydrogens is 377 g/mol. The molecule has 0 bridgehead atoms. The molecule has 9 heteroatoms. The Kier molecular flexibility index (Phi) is 5.80. The lowest BCUT2D eigenvalue weighted by molar-refractivity contribution is 0.0944. The highest BCUT2D eigenvalue weighted by Crippen LogP contribution is 2.32. The molecule has 1 amide bonds. The van der Waals surface area contributed by atoms with Crippen molar-refractivity contribution in [3.05, 3.63) is 64.2 Å². The Morgan fingerprint density at radius 3 is 2.69 bits per heavy atom. The van der Waals surface area contributed by atoms with Crippen molar-refractivity contribution in [1.29, 1.82) is 0 Å². The van der Waals surface area contributed by atoms with Crippen molar-refractivity contribution in [2.75, 3.05) is 0 Å². The van der Waals surface area contributed by atoms with Crippen LogP contribution in [0.25, 0.3) is 0 Å². The molecule has 0 unspecified atom stereocenters. The van der Waals surface area contributed by atoms with Gasteiger partial charge in [0.2, 0.25) is 0 Å². The van der Waals surface area contributed by atoms with E-state index in [2.05, 4.69) is 15.5 Å². The minimum Gasteiger partial charge on any atom is -0.468 e. The number of carbonyl (C=O) groups excluding carboxylic acids is 1. The molecule has 2 aromatic heterocycles. The molecule has 0 aliphatic rings. The zero-order chi connectivity index (χ0) is 18.5. The minimum absolute atomic E-state index is 0.0833. The zero-order valence-electron chi connectivity index (χ0n) is 14.0. The number of amides is 1. The van der Waals surface area contributed by atoms with E-state index < -0.39 is 0 Å². The molecule has 1 N–H and O–H groups in total. The van der Waals surface area contributed by atoms with Gasteiger partial charge < -0.3 is 10.1 Å². The molecule has 136 valence electrons. The summed E-state index contributed by atoms with van der Waals surface area (Å²) in [5.41, 5.74) is 1.22. The van der Waals surface area contributed by atoms with Gasteiger partial charge in [-0.1, -0.05) is 29.3 Å². The fraction of sp³-hybridized carbons (Fsp3) is 0.235. The predicted octanol–water partition coefficient (Wildman–Crippen LogP) is 3.37. The summed E-state index contributed by atoms with van der Waals surface area (Å²) in [6.45, 7) is 3.26. The highest BCUT2D eigenvalue weighted by molar-refractivity contribution is 6.37. The van der Waals surface area contributed by atoms with E-state index in [9.17, 15) is 4.79 Å². The second-order valence-corrected chi connectivity index (χ2v) is 6.27. The van der Waals surface area contributed by atoms with Gasteiger partial charge in [-0.05, 0) is 25.1 Å². The smallest absolute Gasteiger partial charge is 0.272 e. The molecule has 3 aromatic rings. The number of aryl methyl sites for hydroxylation is 1. The number of halogens is 2. The number of benzene rings is 1. The van der Waals surface area contributed by atoms with Gasteiger partial charge in [0.25, 0.3) is 5.91 Å². The van der Waals surface area contributed by atoms with E-state index in [0.717, 1.165) is 12.1 Å². The normalized spacial score (nSPS) is 10.7. The van der Waals surface area contributed by atoms with Gasteiger partial charge in [0.15, 0.2) is 12.5 Å². The summed E-state index contributed by atoms with van der Waals surface area (Å²) >= 11 is 12.1. The van der Waals surface area contributed by atoms with Gasteiger partial charge in [-0.2, -0.15) is 10.2 Å². The fourth-order valence-corrected chi connectivity index (χ4v) is 2.76. The van der Waals surface area contributed by atoms with E-state index in [-0.39, 0.29) is 12.6 Å². The molecule has 0 spiro atoms. The molecule has 0 fully saturated rings. The molecular formula is C17H17Cl2N5O2. The summed E-state index contributed by atoms with van der Waals surface area (Å²) < 4.78 is 8.87. The molecule has 0 saturated carbocycles. The number of rotatable bonds is 7. The van der Waals surface area contributed by atoms with Crippen LogP contribution in [0.5, 0.6) is 5.75 Å². The lowest BCUT2D eigenvalue weighted by Gasteiger charge is -2.09. The lowest BCUT2D eigenvalue weighted by atomic mass is 10.3. The minimum atomic E-state index is -0.274. The average Bonchev–Trinajstić information content (AvgIpc) is 3.28. The topological polar surface area (TPSA) is 74.0 Å². The molecule has 0 aliphatic carbocycles. The third-order valence-electron chi connectivity index (χ3n) is 3.60. The monoisotopic (exact) mass is 393 g/mol. The highest BCUT2D eigenvalue weighted by atomic mass is 35.5. The van der Waals surface area contributed by atoms with Gasteiger partial charge in [0.1, 0.15) is 5.69 Å². The van der Waals surface area contributed by atoms with Crippen molar-refractivity contribution in [2.45, 2.75) is 26.7 Å². The van der Waals surface area contributed by atoms with Crippen LogP contribution in [0.1, 0.15) is 23.0 Å². The first-order chi connectivity index (χ1) is 12.6. The Bertz CT molecular complexity index is 886. The molecule has 0 aliphatic heterocycles. The number of hydrogen-bond acceptors (Lipinski definition) is 4. The van der Waals surface area contributed by atoms with Gasteiger partial charge in [-0.3, -0.25) is 9.48 Å². The second kappa shape index (κ2) is 8.25. The summed E-state index contributed by atoms with van der Waals surface area (Å²) in [4.78, 5) is 12.2. The molecule has 2 heterocycles. The van der Waals surface area contributed by atoms with E-state index in [1.54, 1.807) is 41.3 Å². The molecule has 1 aromatic carbocycles. The van der Waals surface area contributed by atoms with Gasteiger partial charge in [0.05, 0.1) is 16.2 Å². The number of nitrogens with one attached hydrogen (secondary N) is 1. The maximum atomic E-state index is 12.2. The Labute approximate surface area is 160 Å². The van der Waals surface area contributed by atoms with Crippen LogP contribution in [0.2, 0.25) is 10.0 Å². The lowest BCUT2D eigenvalue weighted by Crippen LogP contribution is -2.23. The Morgan fingerprint density at radius 2 is 2.00 bits per heavy atom. The average molecular weight is 394 g/mol. The third kappa shape index (κ3) is 4.36. The van der Waals surface area contributed by atoms with Crippen LogP contribution >= 0.6 is 23.2 Å². The first-order valence-electron chi connectivity index (χ1n) is 7.96. The number of carbonyl (C=O) groups is 1. The van der Waals surface area contributed by atoms with Crippen LogP contribution < -0.4 is 10.1 Å². The summed E-state index contributed by atoms with van der Waals surface area (Å²) in [6, 6.07) is 6.72. The van der Waals surface area contributed by atoms with Crippen molar-refractivity contribution in [3.8, 4) is 5.75 Å². The van der Waals surface area contributed by atoms with Crippen LogP contribution in [-0.2, 0) is 19.8 Å². The highest BCUT2D eigenvalue weighted by Gasteiger charge is 2.11. The van der Waals surface area contributed by atoms with Crippen LogP contribution in [0.15, 0.2) is 42.9 Å². The Balaban J connectivity index is 1.56. The summed E-state index contributed by atoms with van der Waals surface area (Å²) in [6.07, 6.45) is 5.26. The van der Waals surface area contributed by atoms with E-state index in [1.165, 1.54) is 4.68 Å². The maximum Gasteiger partial charge on any atom is 0.272 e. The van der Waals surface area contributed by atoms with Crippen LogP contribution in [-0.4, -0.2) is 25.5 Å². The molecule has 26 heavy (non-hydrogen) atoms. The van der Waals surface area contributed by atoms with Crippen molar-refractivity contribution in [2.24, 2.45) is 0 Å². The first-order valence-corrected chi connectivity index (χ1v) is 8.72. The molecule has 3 rings (SSSR count). The quantitative estimate of drug-likeness (QED) is 0.667. The van der Waals surface area contributed by atoms with Crippen molar-refractivity contribution in [3.63, 3.8) is 0 Å². The SMILES string of the molecule is CCn1cc(CNC(=O)c2ccn(COc3c(Cl)cccc3Cl)n2)cn1. The molecule has 7 nitrogen and oxygen atoms in total. The summed E-state index contributed by atoms with van der Waals surface area (Å²) in [5, 5.41) is 12.0. The summed E-state index contributed by atoms with van der Waals surface area (Å²) in [5.74, 6) is 0.106. The Hall–Kier alpha value is -2.51. The number of aromatic nitrogens is 4. The molecule has 0 radical (unpaired) electrons. The first kappa shape index (κ1) is 18.3. The van der Waals surface area contributed by atoms with Gasteiger partial charge in [-0.25, -0.2) is 4.68 Å². The number of para-hydroxylation sites is 1. The standard InChI is InChI=1S/C17H17Cl2N5O2/c1-2-23-10-12(9-21-23)8-20-17(25)15-6-7-24(22-15)11-26-16-13(18)4-3-5-14(16)19/h3-7,9-10H,2,8,11H2,1H3,(H,20,25). The predicted molar refractivity (Wildman–Crippen MR) is 98.4 cm³/mol. The number of nitrogens with zero attached hydrogens (tertiary/aromatic N) is 4. The van der Waals surface area contributed by atoms with Crippen molar-refractivity contribution >= 4 is 29.1 Å². The van der Waals surface area contributed by atoms with Crippen LogP contribution in [0, 0.1) is 0 Å². The van der Waals surface area contributed by atoms with Crippen LogP contribution in [0.4, 0.5) is 0 Å². The van der Waals surface area contributed by atoms with Gasteiger partial charge in [-0.15, -0.1) is 0 Å². The van der Waals surface area contributed by atoms with Gasteiger partial charge in [0, 0.05) is 31.0 Å². The van der Waals surface area contributed by atoms with E-state index in [4.69, 9.17) is 27.9 Å².